The Bertz CT molecular complexity index is 1210. The van der Waals surface area contributed by atoms with Gasteiger partial charge in [-0.15, -0.1) is 0 Å². The van der Waals surface area contributed by atoms with E-state index in [4.69, 9.17) is 9.47 Å². The molecule has 0 aromatic heterocycles. The highest BCUT2D eigenvalue weighted by molar-refractivity contribution is 6.15. The van der Waals surface area contributed by atoms with Gasteiger partial charge < -0.3 is 20.1 Å². The summed E-state index contributed by atoms with van der Waals surface area (Å²) in [7, 11) is 3.10. The molecule has 4 rings (SSSR count). The van der Waals surface area contributed by atoms with Gasteiger partial charge in [-0.3, -0.25) is 19.3 Å². The Morgan fingerprint density at radius 2 is 1.76 bits per heavy atom. The second-order valence-corrected chi connectivity index (χ2v) is 7.44. The van der Waals surface area contributed by atoms with E-state index in [9.17, 15) is 14.4 Å². The average Bonchev–Trinajstić information content (AvgIpc) is 2.83. The van der Waals surface area contributed by atoms with Gasteiger partial charge in [0.2, 0.25) is 11.8 Å². The maximum atomic E-state index is 13.0. The number of methoxy groups -OCH3 is 2. The second-order valence-electron chi connectivity index (χ2n) is 7.44. The molecule has 1 aliphatic heterocycles. The lowest BCUT2D eigenvalue weighted by molar-refractivity contribution is -0.116. The summed E-state index contributed by atoms with van der Waals surface area (Å²) in [4.78, 5) is 39.0. The number of carbonyl (C=O) groups excluding carboxylic acids is 3. The summed E-state index contributed by atoms with van der Waals surface area (Å²) < 4.78 is 10.5. The Kier molecular flexibility index (Phi) is 6.26. The van der Waals surface area contributed by atoms with Gasteiger partial charge in [-0.25, -0.2) is 0 Å². The standard InChI is InChI=1S/C25H23N3O5/c1-32-19-12-9-17(22(14-19)33-2)13-23(29)26-18-10-7-16(8-11-18)25(31)28-15-24(30)27-20-5-3-4-6-21(20)28/h3-12,14H,13,15H2,1-2H3,(H,26,29)(H,27,30). The third kappa shape index (κ3) is 4.79. The third-order valence-corrected chi connectivity index (χ3v) is 5.28. The number of nitrogens with zero attached hydrogens (tertiary/aromatic N) is 1. The molecule has 2 N–H and O–H groups in total. The van der Waals surface area contributed by atoms with E-state index in [0.29, 0.717) is 34.1 Å². The summed E-state index contributed by atoms with van der Waals surface area (Å²) in [5.41, 5.74) is 2.94. The monoisotopic (exact) mass is 445 g/mol. The van der Waals surface area contributed by atoms with Crippen molar-refractivity contribution < 1.29 is 23.9 Å². The predicted molar refractivity (Wildman–Crippen MR) is 125 cm³/mol. The van der Waals surface area contributed by atoms with Crippen molar-refractivity contribution in [2.45, 2.75) is 6.42 Å². The smallest absolute Gasteiger partial charge is 0.258 e. The molecule has 8 nitrogen and oxygen atoms in total. The van der Waals surface area contributed by atoms with E-state index in [0.717, 1.165) is 5.56 Å². The Balaban J connectivity index is 1.44. The molecule has 0 saturated heterocycles. The first kappa shape index (κ1) is 21.9. The minimum absolute atomic E-state index is 0.0575. The van der Waals surface area contributed by atoms with E-state index in [2.05, 4.69) is 10.6 Å². The highest BCUT2D eigenvalue weighted by Gasteiger charge is 2.27. The minimum Gasteiger partial charge on any atom is -0.497 e. The van der Waals surface area contributed by atoms with Crippen LogP contribution in [0.25, 0.3) is 0 Å². The normalized spacial score (nSPS) is 12.4. The fourth-order valence-corrected chi connectivity index (χ4v) is 3.64. The number of hydrogen-bond acceptors (Lipinski definition) is 5. The molecule has 3 aromatic carbocycles. The second kappa shape index (κ2) is 9.44. The molecule has 1 heterocycles. The SMILES string of the molecule is COc1ccc(CC(=O)Nc2ccc(C(=O)N3CC(=O)Nc4ccccc43)cc2)c(OC)c1. The molecular weight excluding hydrogens is 422 g/mol. The largest absolute Gasteiger partial charge is 0.497 e. The summed E-state index contributed by atoms with van der Waals surface area (Å²) in [5.74, 6) is 0.443. The molecular formula is C25H23N3O5. The quantitative estimate of drug-likeness (QED) is 0.606. The number of carbonyl (C=O) groups is 3. The highest BCUT2D eigenvalue weighted by atomic mass is 16.5. The summed E-state index contributed by atoms with van der Waals surface area (Å²) >= 11 is 0. The van der Waals surface area contributed by atoms with E-state index in [1.165, 1.54) is 12.0 Å². The zero-order valence-corrected chi connectivity index (χ0v) is 18.3. The molecule has 0 unspecified atom stereocenters. The van der Waals surface area contributed by atoms with Gasteiger partial charge in [0.1, 0.15) is 18.0 Å². The van der Waals surface area contributed by atoms with Crippen molar-refractivity contribution in [3.05, 3.63) is 77.9 Å². The maximum absolute atomic E-state index is 13.0. The molecule has 0 atom stereocenters. The first-order valence-electron chi connectivity index (χ1n) is 10.3. The van der Waals surface area contributed by atoms with Crippen LogP contribution in [0.2, 0.25) is 0 Å². The van der Waals surface area contributed by atoms with Gasteiger partial charge >= 0.3 is 0 Å². The van der Waals surface area contributed by atoms with Crippen molar-refractivity contribution in [2.75, 3.05) is 36.3 Å². The van der Waals surface area contributed by atoms with Crippen LogP contribution in [0.4, 0.5) is 17.1 Å². The fraction of sp³-hybridized carbons (Fsp3) is 0.160. The summed E-state index contributed by atoms with van der Waals surface area (Å²) in [6, 6.07) is 19.0. The number of benzene rings is 3. The van der Waals surface area contributed by atoms with Gasteiger partial charge in [0.05, 0.1) is 32.0 Å². The number of rotatable bonds is 6. The molecule has 0 spiro atoms. The van der Waals surface area contributed by atoms with Crippen LogP contribution >= 0.6 is 0 Å². The zero-order chi connectivity index (χ0) is 23.4. The van der Waals surface area contributed by atoms with Gasteiger partial charge in [0, 0.05) is 22.9 Å². The number of hydrogen-bond donors (Lipinski definition) is 2. The molecule has 0 fully saturated rings. The van der Waals surface area contributed by atoms with Crippen LogP contribution in [0.3, 0.4) is 0 Å². The number of fused-ring (bicyclic) bond motifs is 1. The van der Waals surface area contributed by atoms with E-state index in [-0.39, 0.29) is 30.7 Å². The van der Waals surface area contributed by atoms with Crippen LogP contribution in [-0.4, -0.2) is 38.5 Å². The predicted octanol–water partition coefficient (Wildman–Crippen LogP) is 3.48. The van der Waals surface area contributed by atoms with Gasteiger partial charge in [-0.1, -0.05) is 18.2 Å². The maximum Gasteiger partial charge on any atom is 0.258 e. The molecule has 0 bridgehead atoms. The van der Waals surface area contributed by atoms with Crippen LogP contribution in [-0.2, 0) is 16.0 Å². The number of anilines is 3. The van der Waals surface area contributed by atoms with Crippen molar-refractivity contribution in [1.29, 1.82) is 0 Å². The van der Waals surface area contributed by atoms with Crippen molar-refractivity contribution in [1.82, 2.24) is 0 Å². The zero-order valence-electron chi connectivity index (χ0n) is 18.3. The molecule has 3 amide bonds. The van der Waals surface area contributed by atoms with Gasteiger partial charge in [0.25, 0.3) is 5.91 Å². The first-order chi connectivity index (χ1) is 16.0. The number of amides is 3. The Hall–Kier alpha value is -4.33. The lowest BCUT2D eigenvalue weighted by atomic mass is 10.1. The highest BCUT2D eigenvalue weighted by Crippen LogP contribution is 2.30. The number of ether oxygens (including phenoxy) is 2. The Labute approximate surface area is 191 Å². The summed E-state index contributed by atoms with van der Waals surface area (Å²) in [5, 5.41) is 5.59. The molecule has 0 saturated carbocycles. The average molecular weight is 445 g/mol. The third-order valence-electron chi connectivity index (χ3n) is 5.28. The Morgan fingerprint density at radius 3 is 2.48 bits per heavy atom. The summed E-state index contributed by atoms with van der Waals surface area (Å²) in [6.07, 6.45) is 0.119. The van der Waals surface area contributed by atoms with Crippen LogP contribution < -0.4 is 25.0 Å². The lowest BCUT2D eigenvalue weighted by Gasteiger charge is -2.29. The van der Waals surface area contributed by atoms with Crippen LogP contribution in [0, 0.1) is 0 Å². The lowest BCUT2D eigenvalue weighted by Crippen LogP contribution is -2.42. The molecule has 33 heavy (non-hydrogen) atoms. The van der Waals surface area contributed by atoms with E-state index >= 15 is 0 Å². The molecule has 0 aliphatic carbocycles. The van der Waals surface area contributed by atoms with E-state index in [1.54, 1.807) is 67.8 Å². The van der Waals surface area contributed by atoms with Crippen LogP contribution in [0.1, 0.15) is 15.9 Å². The first-order valence-corrected chi connectivity index (χ1v) is 10.3. The molecule has 3 aromatic rings. The number of para-hydroxylation sites is 2. The molecule has 8 heteroatoms. The molecule has 1 aliphatic rings. The van der Waals surface area contributed by atoms with Crippen molar-refractivity contribution in [2.24, 2.45) is 0 Å². The topological polar surface area (TPSA) is 97.0 Å². The van der Waals surface area contributed by atoms with Crippen LogP contribution in [0.15, 0.2) is 66.7 Å². The fourth-order valence-electron chi connectivity index (χ4n) is 3.64. The molecule has 168 valence electrons. The van der Waals surface area contributed by atoms with Crippen molar-refractivity contribution in [3.63, 3.8) is 0 Å². The summed E-state index contributed by atoms with van der Waals surface area (Å²) in [6.45, 7) is -0.0575. The Morgan fingerprint density at radius 1 is 1.00 bits per heavy atom. The van der Waals surface area contributed by atoms with E-state index in [1.807, 2.05) is 6.07 Å². The molecule has 0 radical (unpaired) electrons. The van der Waals surface area contributed by atoms with Gasteiger partial charge in [0.15, 0.2) is 0 Å². The van der Waals surface area contributed by atoms with Crippen LogP contribution in [0.5, 0.6) is 11.5 Å². The van der Waals surface area contributed by atoms with E-state index < -0.39 is 0 Å². The van der Waals surface area contributed by atoms with Crippen molar-refractivity contribution in [3.8, 4) is 11.5 Å². The van der Waals surface area contributed by atoms with Gasteiger partial charge in [-0.05, 0) is 42.5 Å². The number of nitrogens with one attached hydrogen (secondary N) is 2. The van der Waals surface area contributed by atoms with Gasteiger partial charge in [-0.2, -0.15) is 0 Å². The minimum atomic E-state index is -0.293. The van der Waals surface area contributed by atoms with Crippen molar-refractivity contribution >= 4 is 34.8 Å².